The van der Waals surface area contributed by atoms with E-state index in [2.05, 4.69) is 9.71 Å². The van der Waals surface area contributed by atoms with Crippen molar-refractivity contribution < 1.29 is 8.42 Å². The minimum atomic E-state index is -3.29. The van der Waals surface area contributed by atoms with Crippen LogP contribution in [-0.2, 0) is 10.0 Å². The Morgan fingerprint density at radius 1 is 1.36 bits per heavy atom. The maximum absolute atomic E-state index is 11.1. The molecule has 0 aliphatic rings. The van der Waals surface area contributed by atoms with Crippen LogP contribution in [0.5, 0.6) is 0 Å². The average molecular weight is 172 g/mol. The lowest BCUT2D eigenvalue weighted by atomic mass is 10.5. The Morgan fingerprint density at radius 2 is 1.91 bits per heavy atom. The first-order chi connectivity index (χ1) is 5.17. The maximum atomic E-state index is 11.1. The first-order valence-electron chi connectivity index (χ1n) is 3.00. The summed E-state index contributed by atoms with van der Waals surface area (Å²) < 4.78 is 24.3. The molecule has 1 aromatic rings. The second kappa shape index (κ2) is 2.98. The van der Waals surface area contributed by atoms with Crippen LogP contribution in [-0.4, -0.2) is 20.4 Å². The molecule has 0 aromatic carbocycles. The molecule has 60 valence electrons. The number of rotatable bonds is 2. The minimum absolute atomic E-state index is 0.231. The van der Waals surface area contributed by atoms with Gasteiger partial charge in [-0.25, -0.2) is 13.1 Å². The summed E-state index contributed by atoms with van der Waals surface area (Å²) in [5.41, 5.74) is 0. The van der Waals surface area contributed by atoms with Crippen LogP contribution in [0.2, 0.25) is 0 Å². The lowest BCUT2D eigenvalue weighted by Gasteiger charge is -1.99. The summed E-state index contributed by atoms with van der Waals surface area (Å²) >= 11 is 0. The van der Waals surface area contributed by atoms with Gasteiger partial charge in [-0.2, -0.15) is 0 Å². The molecular weight excluding hydrogens is 164 g/mol. The first-order valence-corrected chi connectivity index (χ1v) is 4.49. The fourth-order valence-corrected chi connectivity index (χ4v) is 1.35. The molecule has 0 atom stereocenters. The van der Waals surface area contributed by atoms with Crippen molar-refractivity contribution in [2.75, 3.05) is 7.05 Å². The Morgan fingerprint density at radius 3 is 2.36 bits per heavy atom. The molecule has 0 unspecified atom stereocenters. The Hall–Kier alpha value is -0.940. The van der Waals surface area contributed by atoms with E-state index in [1.807, 2.05) is 0 Å². The van der Waals surface area contributed by atoms with E-state index in [0.29, 0.717) is 0 Å². The van der Waals surface area contributed by atoms with Crippen molar-refractivity contribution in [3.8, 4) is 0 Å². The number of pyridine rings is 1. The molecule has 1 N–H and O–H groups in total. The molecule has 0 amide bonds. The highest BCUT2D eigenvalue weighted by Gasteiger charge is 2.08. The van der Waals surface area contributed by atoms with Crippen molar-refractivity contribution in [1.82, 2.24) is 9.71 Å². The largest absolute Gasteiger partial charge is 0.265 e. The number of hydrogen-bond donors (Lipinski definition) is 1. The summed E-state index contributed by atoms with van der Waals surface area (Å²) in [6.07, 6.45) is 2.87. The number of sulfonamides is 1. The van der Waals surface area contributed by atoms with Crippen molar-refractivity contribution in [1.29, 1.82) is 0 Å². The molecule has 1 rings (SSSR count). The second-order valence-electron chi connectivity index (χ2n) is 1.89. The van der Waals surface area contributed by atoms with Crippen molar-refractivity contribution in [3.63, 3.8) is 0 Å². The fourth-order valence-electron chi connectivity index (χ4n) is 0.635. The van der Waals surface area contributed by atoms with Gasteiger partial charge in [-0.3, -0.25) is 4.98 Å². The molecule has 0 aliphatic heterocycles. The van der Waals surface area contributed by atoms with E-state index in [1.54, 1.807) is 0 Å². The zero-order valence-corrected chi connectivity index (χ0v) is 6.80. The highest BCUT2D eigenvalue weighted by Crippen LogP contribution is 2.03. The standard InChI is InChI=1S/C6H8N2O2S/c1-7-11(9,10)6-2-4-8-5-3-6/h2-5,7H,1H3. The molecule has 11 heavy (non-hydrogen) atoms. The van der Waals surface area contributed by atoms with Gasteiger partial charge in [0.05, 0.1) is 4.90 Å². The summed E-state index contributed by atoms with van der Waals surface area (Å²) in [6, 6.07) is 2.87. The topological polar surface area (TPSA) is 59.1 Å². The Balaban J connectivity index is 3.14. The molecular formula is C6H8N2O2S. The van der Waals surface area contributed by atoms with Gasteiger partial charge in [0.25, 0.3) is 0 Å². The Bertz CT molecular complexity index is 320. The third-order valence-corrected chi connectivity index (χ3v) is 2.66. The van der Waals surface area contributed by atoms with E-state index in [0.717, 1.165) is 0 Å². The zero-order chi connectivity index (χ0) is 8.32. The van der Waals surface area contributed by atoms with Gasteiger partial charge in [0.2, 0.25) is 10.0 Å². The normalized spacial score (nSPS) is 11.4. The van der Waals surface area contributed by atoms with Crippen LogP contribution in [0.15, 0.2) is 29.4 Å². The lowest BCUT2D eigenvalue weighted by Crippen LogP contribution is -2.18. The highest BCUT2D eigenvalue weighted by molar-refractivity contribution is 7.89. The van der Waals surface area contributed by atoms with E-state index >= 15 is 0 Å². The molecule has 0 bridgehead atoms. The number of hydrogen-bond acceptors (Lipinski definition) is 3. The monoisotopic (exact) mass is 172 g/mol. The van der Waals surface area contributed by atoms with Crippen LogP contribution in [0.1, 0.15) is 0 Å². The number of aromatic nitrogens is 1. The molecule has 0 radical (unpaired) electrons. The van der Waals surface area contributed by atoms with Gasteiger partial charge in [0.15, 0.2) is 0 Å². The van der Waals surface area contributed by atoms with Gasteiger partial charge in [-0.05, 0) is 19.2 Å². The van der Waals surface area contributed by atoms with E-state index < -0.39 is 10.0 Å². The molecule has 0 fully saturated rings. The summed E-state index contributed by atoms with van der Waals surface area (Å²) in [7, 11) is -1.92. The Labute approximate surface area is 65.3 Å². The predicted octanol–water partition coefficient (Wildman–Crippen LogP) is -0.0103. The molecule has 0 saturated carbocycles. The second-order valence-corrected chi connectivity index (χ2v) is 3.78. The van der Waals surface area contributed by atoms with Crippen LogP contribution < -0.4 is 4.72 Å². The smallest absolute Gasteiger partial charge is 0.240 e. The van der Waals surface area contributed by atoms with Crippen LogP contribution in [0.4, 0.5) is 0 Å². The summed E-state index contributed by atoms with van der Waals surface area (Å²) in [6.45, 7) is 0. The number of nitrogens with zero attached hydrogens (tertiary/aromatic N) is 1. The number of nitrogens with one attached hydrogen (secondary N) is 1. The minimum Gasteiger partial charge on any atom is -0.265 e. The van der Waals surface area contributed by atoms with Crippen molar-refractivity contribution in [3.05, 3.63) is 24.5 Å². The van der Waals surface area contributed by atoms with Crippen LogP contribution in [0.25, 0.3) is 0 Å². The molecule has 0 spiro atoms. The van der Waals surface area contributed by atoms with E-state index in [9.17, 15) is 8.42 Å². The van der Waals surface area contributed by atoms with Crippen molar-refractivity contribution >= 4 is 10.0 Å². The fraction of sp³-hybridized carbons (Fsp3) is 0.167. The van der Waals surface area contributed by atoms with Crippen LogP contribution in [0.3, 0.4) is 0 Å². The predicted molar refractivity (Wildman–Crippen MR) is 40.5 cm³/mol. The van der Waals surface area contributed by atoms with Gasteiger partial charge >= 0.3 is 0 Å². The maximum Gasteiger partial charge on any atom is 0.240 e. The molecule has 1 aromatic heterocycles. The quantitative estimate of drug-likeness (QED) is 0.682. The highest BCUT2D eigenvalue weighted by atomic mass is 32.2. The molecule has 4 nitrogen and oxygen atoms in total. The van der Waals surface area contributed by atoms with E-state index in [4.69, 9.17) is 0 Å². The molecule has 5 heteroatoms. The van der Waals surface area contributed by atoms with Gasteiger partial charge in [0, 0.05) is 12.4 Å². The SMILES string of the molecule is CNS(=O)(=O)c1ccncc1. The summed E-state index contributed by atoms with van der Waals surface area (Å²) in [5.74, 6) is 0. The van der Waals surface area contributed by atoms with E-state index in [-0.39, 0.29) is 4.90 Å². The average Bonchev–Trinajstić information content (AvgIpc) is 2.06. The van der Waals surface area contributed by atoms with Gasteiger partial charge in [-0.1, -0.05) is 0 Å². The third kappa shape index (κ3) is 1.75. The van der Waals surface area contributed by atoms with Crippen LogP contribution in [0, 0.1) is 0 Å². The summed E-state index contributed by atoms with van der Waals surface area (Å²) in [4.78, 5) is 3.93. The first kappa shape index (κ1) is 8.16. The molecule has 0 saturated heterocycles. The van der Waals surface area contributed by atoms with Gasteiger partial charge < -0.3 is 0 Å². The Kier molecular flexibility index (Phi) is 2.21. The van der Waals surface area contributed by atoms with Gasteiger partial charge in [-0.15, -0.1) is 0 Å². The van der Waals surface area contributed by atoms with Crippen molar-refractivity contribution in [2.45, 2.75) is 4.90 Å². The molecule has 0 aliphatic carbocycles. The third-order valence-electron chi connectivity index (χ3n) is 1.23. The summed E-state index contributed by atoms with van der Waals surface area (Å²) in [5, 5.41) is 0. The zero-order valence-electron chi connectivity index (χ0n) is 5.98. The lowest BCUT2D eigenvalue weighted by molar-refractivity contribution is 0.588. The van der Waals surface area contributed by atoms with E-state index in [1.165, 1.54) is 31.6 Å². The van der Waals surface area contributed by atoms with Crippen molar-refractivity contribution in [2.24, 2.45) is 0 Å². The van der Waals surface area contributed by atoms with Crippen LogP contribution >= 0.6 is 0 Å². The molecule has 1 heterocycles. The van der Waals surface area contributed by atoms with Gasteiger partial charge in [0.1, 0.15) is 0 Å².